The average molecular weight is 445 g/mol. The number of benzene rings is 3. The number of halogens is 2. The largest absolute Gasteiger partial charge is 0.496 e. The second-order valence-corrected chi connectivity index (χ2v) is 7.41. The molecule has 1 fully saturated rings. The third kappa shape index (κ3) is 5.77. The van der Waals surface area contributed by atoms with Gasteiger partial charge in [0.15, 0.2) is 0 Å². The summed E-state index contributed by atoms with van der Waals surface area (Å²) in [5, 5.41) is 3.79. The van der Waals surface area contributed by atoms with Gasteiger partial charge in [-0.05, 0) is 17.2 Å². The topological polar surface area (TPSA) is 24.5 Å². The summed E-state index contributed by atoms with van der Waals surface area (Å²) in [6, 6.07) is 30.4. The van der Waals surface area contributed by atoms with Crippen molar-refractivity contribution >= 4 is 24.8 Å². The Hall–Kier alpha value is -2.04. The molecule has 3 nitrogen and oxygen atoms in total. The number of methoxy groups -OCH3 is 1. The molecule has 1 aliphatic heterocycles. The molecule has 1 heterocycles. The highest BCUT2D eigenvalue weighted by molar-refractivity contribution is 5.85. The third-order valence-electron chi connectivity index (χ3n) is 5.60. The zero-order valence-corrected chi connectivity index (χ0v) is 18.9. The average Bonchev–Trinajstić information content (AvgIpc) is 2.76. The first-order valence-electron chi connectivity index (χ1n) is 10.0. The van der Waals surface area contributed by atoms with Crippen LogP contribution in [0.15, 0.2) is 84.9 Å². The lowest BCUT2D eigenvalue weighted by molar-refractivity contribution is 0.182. The maximum Gasteiger partial charge on any atom is 0.123 e. The minimum atomic E-state index is 0. The van der Waals surface area contributed by atoms with Crippen LogP contribution in [0.1, 0.15) is 22.6 Å². The number of nitrogens with zero attached hydrogens (tertiary/aromatic N) is 1. The maximum absolute atomic E-state index is 5.56. The summed E-state index contributed by atoms with van der Waals surface area (Å²) in [5.74, 6) is 1.31. The van der Waals surface area contributed by atoms with E-state index in [1.54, 1.807) is 7.11 Å². The Morgan fingerprint density at radius 1 is 0.867 bits per heavy atom. The van der Waals surface area contributed by atoms with Gasteiger partial charge in [-0.25, -0.2) is 0 Å². The normalized spacial score (nSPS) is 16.4. The molecule has 0 aromatic heterocycles. The molecule has 0 unspecified atom stereocenters. The van der Waals surface area contributed by atoms with Gasteiger partial charge in [0.2, 0.25) is 0 Å². The summed E-state index contributed by atoms with van der Waals surface area (Å²) in [6.45, 7) is 3.96. The van der Waals surface area contributed by atoms with Crippen molar-refractivity contribution in [3.8, 4) is 5.75 Å². The van der Waals surface area contributed by atoms with Crippen LogP contribution < -0.4 is 10.1 Å². The number of hydrogen-bond acceptors (Lipinski definition) is 3. The number of piperazine rings is 1. The van der Waals surface area contributed by atoms with Gasteiger partial charge in [-0.3, -0.25) is 4.90 Å². The highest BCUT2D eigenvalue weighted by atomic mass is 35.5. The zero-order chi connectivity index (χ0) is 19.2. The van der Waals surface area contributed by atoms with E-state index < -0.39 is 0 Å². The predicted molar refractivity (Wildman–Crippen MR) is 129 cm³/mol. The van der Waals surface area contributed by atoms with Crippen molar-refractivity contribution < 1.29 is 4.74 Å². The summed E-state index contributed by atoms with van der Waals surface area (Å²) in [7, 11) is 1.75. The van der Waals surface area contributed by atoms with Gasteiger partial charge in [-0.2, -0.15) is 0 Å². The molecule has 0 radical (unpaired) electrons. The van der Waals surface area contributed by atoms with Crippen LogP contribution in [-0.2, 0) is 6.54 Å². The van der Waals surface area contributed by atoms with E-state index in [2.05, 4.69) is 83.0 Å². The number of para-hydroxylation sites is 1. The van der Waals surface area contributed by atoms with E-state index in [1.807, 2.05) is 12.1 Å². The van der Waals surface area contributed by atoms with E-state index in [0.29, 0.717) is 12.0 Å². The van der Waals surface area contributed by atoms with Crippen molar-refractivity contribution in [2.45, 2.75) is 18.5 Å². The Morgan fingerprint density at radius 2 is 1.43 bits per heavy atom. The second-order valence-electron chi connectivity index (χ2n) is 7.41. The van der Waals surface area contributed by atoms with Gasteiger partial charge in [0.25, 0.3) is 0 Å². The van der Waals surface area contributed by atoms with Gasteiger partial charge >= 0.3 is 0 Å². The summed E-state index contributed by atoms with van der Waals surface area (Å²) >= 11 is 0. The van der Waals surface area contributed by atoms with E-state index in [1.165, 1.54) is 16.7 Å². The highest BCUT2D eigenvalue weighted by Gasteiger charge is 2.29. The quantitative estimate of drug-likeness (QED) is 0.568. The maximum atomic E-state index is 5.56. The molecule has 3 aromatic carbocycles. The number of rotatable bonds is 6. The first kappa shape index (κ1) is 24.2. The lowest BCUT2D eigenvalue weighted by atomic mass is 9.84. The summed E-state index contributed by atoms with van der Waals surface area (Å²) in [5.41, 5.74) is 3.98. The monoisotopic (exact) mass is 444 g/mol. The fourth-order valence-electron chi connectivity index (χ4n) is 4.26. The molecule has 1 aliphatic rings. The Bertz CT molecular complexity index is 837. The SMILES string of the molecule is COc1ccccc1CN1CCN[C@@H](C(c2ccccc2)c2ccccc2)C1.Cl.Cl. The van der Waals surface area contributed by atoms with Crippen molar-refractivity contribution in [2.75, 3.05) is 26.7 Å². The van der Waals surface area contributed by atoms with Crippen molar-refractivity contribution in [1.29, 1.82) is 0 Å². The van der Waals surface area contributed by atoms with Crippen LogP contribution in [0.25, 0.3) is 0 Å². The smallest absolute Gasteiger partial charge is 0.123 e. The highest BCUT2D eigenvalue weighted by Crippen LogP contribution is 2.30. The van der Waals surface area contributed by atoms with Crippen LogP contribution in [0.2, 0.25) is 0 Å². The minimum Gasteiger partial charge on any atom is -0.496 e. The second kappa shape index (κ2) is 12.0. The van der Waals surface area contributed by atoms with Crippen LogP contribution in [-0.4, -0.2) is 37.7 Å². The van der Waals surface area contributed by atoms with Crippen molar-refractivity contribution in [3.63, 3.8) is 0 Å². The summed E-state index contributed by atoms with van der Waals surface area (Å²) in [4.78, 5) is 2.54. The fourth-order valence-corrected chi connectivity index (χ4v) is 4.26. The minimum absolute atomic E-state index is 0. The lowest BCUT2D eigenvalue weighted by Gasteiger charge is -2.38. The molecule has 30 heavy (non-hydrogen) atoms. The Kier molecular flexibility index (Phi) is 9.67. The summed E-state index contributed by atoms with van der Waals surface area (Å²) < 4.78 is 5.56. The molecule has 0 bridgehead atoms. The molecule has 0 spiro atoms. The van der Waals surface area contributed by atoms with E-state index in [0.717, 1.165) is 31.9 Å². The van der Waals surface area contributed by atoms with Gasteiger partial charge < -0.3 is 10.1 Å². The van der Waals surface area contributed by atoms with E-state index in [4.69, 9.17) is 4.74 Å². The molecule has 0 amide bonds. The van der Waals surface area contributed by atoms with Crippen LogP contribution in [0, 0.1) is 0 Å². The van der Waals surface area contributed by atoms with Gasteiger partial charge in [0.1, 0.15) is 5.75 Å². The number of nitrogens with one attached hydrogen (secondary N) is 1. The Labute approximate surface area is 192 Å². The molecule has 5 heteroatoms. The first-order chi connectivity index (χ1) is 13.8. The van der Waals surface area contributed by atoms with Gasteiger partial charge in [0.05, 0.1) is 7.11 Å². The molecular weight excluding hydrogens is 415 g/mol. The van der Waals surface area contributed by atoms with Gasteiger partial charge in [-0.1, -0.05) is 78.9 Å². The lowest BCUT2D eigenvalue weighted by Crippen LogP contribution is -2.52. The fraction of sp³-hybridized carbons (Fsp3) is 0.280. The van der Waals surface area contributed by atoms with Crippen LogP contribution in [0.4, 0.5) is 0 Å². The molecular formula is C25H30Cl2N2O. The van der Waals surface area contributed by atoms with E-state index >= 15 is 0 Å². The standard InChI is InChI=1S/C25H28N2O.2ClH/c1-28-24-15-9-8-14-22(24)18-27-17-16-26-23(19-27)25(20-10-4-2-5-11-20)21-12-6-3-7-13-21;;/h2-15,23,25-26H,16-19H2,1H3;2*1H/t23-;;/m1../s1. The molecule has 160 valence electrons. The first-order valence-corrected chi connectivity index (χ1v) is 10.0. The van der Waals surface area contributed by atoms with Crippen LogP contribution in [0.3, 0.4) is 0 Å². The van der Waals surface area contributed by atoms with Crippen molar-refractivity contribution in [2.24, 2.45) is 0 Å². The van der Waals surface area contributed by atoms with Gasteiger partial charge in [0, 0.05) is 43.7 Å². The number of hydrogen-bond donors (Lipinski definition) is 1. The predicted octanol–water partition coefficient (Wildman–Crippen LogP) is 5.14. The zero-order valence-electron chi connectivity index (χ0n) is 17.2. The van der Waals surface area contributed by atoms with E-state index in [-0.39, 0.29) is 24.8 Å². The Balaban J connectivity index is 0.00000160. The molecule has 0 saturated carbocycles. The molecule has 4 rings (SSSR count). The van der Waals surface area contributed by atoms with Crippen molar-refractivity contribution in [3.05, 3.63) is 102 Å². The van der Waals surface area contributed by atoms with Crippen molar-refractivity contribution in [1.82, 2.24) is 10.2 Å². The molecule has 3 aromatic rings. The number of ether oxygens (including phenoxy) is 1. The Morgan fingerprint density at radius 3 is 2.03 bits per heavy atom. The molecule has 1 saturated heterocycles. The van der Waals surface area contributed by atoms with Gasteiger partial charge in [-0.15, -0.1) is 24.8 Å². The van der Waals surface area contributed by atoms with Crippen LogP contribution >= 0.6 is 24.8 Å². The molecule has 1 N–H and O–H groups in total. The van der Waals surface area contributed by atoms with E-state index in [9.17, 15) is 0 Å². The third-order valence-corrected chi connectivity index (χ3v) is 5.60. The van der Waals surface area contributed by atoms with Crippen LogP contribution in [0.5, 0.6) is 5.75 Å². The molecule has 1 atom stereocenters. The summed E-state index contributed by atoms with van der Waals surface area (Å²) in [6.07, 6.45) is 0. The molecule has 0 aliphatic carbocycles.